The van der Waals surface area contributed by atoms with Crippen LogP contribution in [0.4, 0.5) is 5.69 Å². The van der Waals surface area contributed by atoms with Crippen LogP contribution in [-0.2, 0) is 4.79 Å². The van der Waals surface area contributed by atoms with Gasteiger partial charge in [-0.15, -0.1) is 5.10 Å². The van der Waals surface area contributed by atoms with Gasteiger partial charge in [-0.05, 0) is 50.9 Å². The molecule has 142 valence electrons. The first kappa shape index (κ1) is 17.7. The standard InChI is InChI=1S/C19H24N6O2/c26-18(17-13-25(23-22-17)15-8-10-20-11-9-15)21-16-7-4-12-24(19(16)27)14-5-2-1-3-6-14/h1-3,5-6,13,15-16,20H,4,7-12H2,(H,21,26). The van der Waals surface area contributed by atoms with Crippen LogP contribution in [0.15, 0.2) is 36.5 Å². The van der Waals surface area contributed by atoms with Gasteiger partial charge >= 0.3 is 0 Å². The number of rotatable bonds is 4. The van der Waals surface area contributed by atoms with E-state index in [-0.39, 0.29) is 23.6 Å². The molecule has 0 saturated carbocycles. The van der Waals surface area contributed by atoms with E-state index in [0.717, 1.165) is 38.0 Å². The summed E-state index contributed by atoms with van der Waals surface area (Å²) in [5, 5.41) is 14.3. The van der Waals surface area contributed by atoms with Gasteiger partial charge in [0.15, 0.2) is 5.69 Å². The topological polar surface area (TPSA) is 92.2 Å². The van der Waals surface area contributed by atoms with Crippen molar-refractivity contribution >= 4 is 17.5 Å². The van der Waals surface area contributed by atoms with Crippen LogP contribution < -0.4 is 15.5 Å². The maximum Gasteiger partial charge on any atom is 0.274 e. The van der Waals surface area contributed by atoms with Crippen molar-refractivity contribution in [2.24, 2.45) is 0 Å². The number of amides is 2. The second-order valence-corrected chi connectivity index (χ2v) is 7.06. The van der Waals surface area contributed by atoms with Crippen LogP contribution in [0.25, 0.3) is 0 Å². The van der Waals surface area contributed by atoms with Gasteiger partial charge in [0.2, 0.25) is 5.91 Å². The van der Waals surface area contributed by atoms with Gasteiger partial charge in [0, 0.05) is 12.2 Å². The third kappa shape index (κ3) is 3.85. The van der Waals surface area contributed by atoms with Crippen LogP contribution in [0, 0.1) is 0 Å². The van der Waals surface area contributed by atoms with Crippen molar-refractivity contribution < 1.29 is 9.59 Å². The lowest BCUT2D eigenvalue weighted by atomic mass is 10.0. The molecule has 2 N–H and O–H groups in total. The molecule has 2 aromatic rings. The van der Waals surface area contributed by atoms with Gasteiger partial charge < -0.3 is 15.5 Å². The van der Waals surface area contributed by atoms with Crippen molar-refractivity contribution in [2.75, 3.05) is 24.5 Å². The van der Waals surface area contributed by atoms with Crippen molar-refractivity contribution in [1.29, 1.82) is 0 Å². The Kier molecular flexibility index (Phi) is 5.15. The molecule has 8 nitrogen and oxygen atoms in total. The molecular weight excluding hydrogens is 344 g/mol. The summed E-state index contributed by atoms with van der Waals surface area (Å²) in [6.07, 6.45) is 5.10. The Morgan fingerprint density at radius 2 is 1.93 bits per heavy atom. The molecule has 2 aliphatic rings. The number of para-hydroxylation sites is 1. The Morgan fingerprint density at radius 3 is 2.70 bits per heavy atom. The minimum atomic E-state index is -0.532. The highest BCUT2D eigenvalue weighted by Gasteiger charge is 2.31. The second kappa shape index (κ2) is 7.87. The highest BCUT2D eigenvalue weighted by atomic mass is 16.2. The minimum Gasteiger partial charge on any atom is -0.339 e. The maximum atomic E-state index is 12.8. The molecule has 2 amide bonds. The van der Waals surface area contributed by atoms with Crippen molar-refractivity contribution in [3.8, 4) is 0 Å². The van der Waals surface area contributed by atoms with Gasteiger partial charge in [-0.25, -0.2) is 4.68 Å². The highest BCUT2D eigenvalue weighted by Crippen LogP contribution is 2.21. The molecule has 2 aliphatic heterocycles. The summed E-state index contributed by atoms with van der Waals surface area (Å²) in [4.78, 5) is 27.1. The van der Waals surface area contributed by atoms with Crippen LogP contribution >= 0.6 is 0 Å². The molecule has 0 aliphatic carbocycles. The number of carbonyl (C=O) groups is 2. The zero-order valence-corrected chi connectivity index (χ0v) is 15.2. The Morgan fingerprint density at radius 1 is 1.15 bits per heavy atom. The van der Waals surface area contributed by atoms with E-state index in [9.17, 15) is 9.59 Å². The average Bonchev–Trinajstić information content (AvgIpc) is 3.21. The van der Waals surface area contributed by atoms with Crippen LogP contribution in [0.2, 0.25) is 0 Å². The zero-order chi connectivity index (χ0) is 18.6. The third-order valence-electron chi connectivity index (χ3n) is 5.24. The van der Waals surface area contributed by atoms with Crippen LogP contribution in [-0.4, -0.2) is 52.5 Å². The monoisotopic (exact) mass is 368 g/mol. The Labute approximate surface area is 157 Å². The number of nitrogens with zero attached hydrogens (tertiary/aromatic N) is 4. The zero-order valence-electron chi connectivity index (χ0n) is 15.2. The summed E-state index contributed by atoms with van der Waals surface area (Å²) in [6.45, 7) is 2.55. The molecule has 1 unspecified atom stereocenters. The fourth-order valence-electron chi connectivity index (χ4n) is 3.74. The van der Waals surface area contributed by atoms with Gasteiger partial charge in [-0.1, -0.05) is 23.4 Å². The number of anilines is 1. The number of hydrogen-bond donors (Lipinski definition) is 2. The van der Waals surface area contributed by atoms with Crippen molar-refractivity contribution in [3.05, 3.63) is 42.2 Å². The predicted molar refractivity (Wildman–Crippen MR) is 100 cm³/mol. The van der Waals surface area contributed by atoms with E-state index >= 15 is 0 Å². The summed E-state index contributed by atoms with van der Waals surface area (Å²) in [5.41, 5.74) is 1.12. The third-order valence-corrected chi connectivity index (χ3v) is 5.24. The van der Waals surface area contributed by atoms with E-state index in [0.29, 0.717) is 13.0 Å². The molecule has 4 rings (SSSR count). The lowest BCUT2D eigenvalue weighted by Crippen LogP contribution is -2.52. The maximum absolute atomic E-state index is 12.8. The number of nitrogens with one attached hydrogen (secondary N) is 2. The summed E-state index contributed by atoms with van der Waals surface area (Å²) in [6, 6.07) is 9.29. The molecule has 2 saturated heterocycles. The second-order valence-electron chi connectivity index (χ2n) is 7.06. The molecule has 0 radical (unpaired) electrons. The predicted octanol–water partition coefficient (Wildman–Crippen LogP) is 1.13. The van der Waals surface area contributed by atoms with Crippen molar-refractivity contribution in [1.82, 2.24) is 25.6 Å². The van der Waals surface area contributed by atoms with Crippen LogP contribution in [0.1, 0.15) is 42.2 Å². The van der Waals surface area contributed by atoms with E-state index in [4.69, 9.17) is 0 Å². The summed E-state index contributed by atoms with van der Waals surface area (Å²) in [5.74, 6) is -0.421. The van der Waals surface area contributed by atoms with E-state index < -0.39 is 6.04 Å². The Bertz CT molecular complexity index is 800. The Balaban J connectivity index is 1.41. The van der Waals surface area contributed by atoms with Gasteiger partial charge in [0.25, 0.3) is 5.91 Å². The van der Waals surface area contributed by atoms with Crippen molar-refractivity contribution in [3.63, 3.8) is 0 Å². The SMILES string of the molecule is O=C(NC1CCCN(c2ccccc2)C1=O)c1cn(C2CCNCC2)nn1. The number of benzene rings is 1. The molecule has 3 heterocycles. The van der Waals surface area contributed by atoms with Crippen LogP contribution in [0.3, 0.4) is 0 Å². The first-order chi connectivity index (χ1) is 13.2. The Hall–Kier alpha value is -2.74. The smallest absolute Gasteiger partial charge is 0.274 e. The molecule has 1 aromatic carbocycles. The summed E-state index contributed by atoms with van der Waals surface area (Å²) in [7, 11) is 0. The largest absolute Gasteiger partial charge is 0.339 e. The first-order valence-electron chi connectivity index (χ1n) is 9.52. The lowest BCUT2D eigenvalue weighted by Gasteiger charge is -2.32. The van der Waals surface area contributed by atoms with Gasteiger partial charge in [-0.2, -0.15) is 0 Å². The summed E-state index contributed by atoms with van der Waals surface area (Å²) < 4.78 is 1.77. The molecule has 0 spiro atoms. The summed E-state index contributed by atoms with van der Waals surface area (Å²) >= 11 is 0. The fourth-order valence-corrected chi connectivity index (χ4v) is 3.74. The highest BCUT2D eigenvalue weighted by molar-refractivity contribution is 6.02. The molecule has 27 heavy (non-hydrogen) atoms. The van der Waals surface area contributed by atoms with Gasteiger partial charge in [0.05, 0.1) is 12.2 Å². The number of hydrogen-bond acceptors (Lipinski definition) is 5. The number of aromatic nitrogens is 3. The molecule has 0 bridgehead atoms. The van der Waals surface area contributed by atoms with E-state index in [1.165, 1.54) is 0 Å². The first-order valence-corrected chi connectivity index (χ1v) is 9.52. The molecule has 8 heteroatoms. The van der Waals surface area contributed by atoms with E-state index in [1.807, 2.05) is 30.3 Å². The molecule has 2 fully saturated rings. The number of carbonyl (C=O) groups excluding carboxylic acids is 2. The molecule has 1 aromatic heterocycles. The van der Waals surface area contributed by atoms with Gasteiger partial charge in [-0.3, -0.25) is 9.59 Å². The van der Waals surface area contributed by atoms with E-state index in [1.54, 1.807) is 15.8 Å². The number of piperidine rings is 2. The minimum absolute atomic E-state index is 0.0773. The van der Waals surface area contributed by atoms with Crippen molar-refractivity contribution in [2.45, 2.75) is 37.8 Å². The quantitative estimate of drug-likeness (QED) is 0.844. The van der Waals surface area contributed by atoms with Gasteiger partial charge in [0.1, 0.15) is 6.04 Å². The molecular formula is C19H24N6O2. The molecule has 1 atom stereocenters. The van der Waals surface area contributed by atoms with E-state index in [2.05, 4.69) is 20.9 Å². The normalized spacial score (nSPS) is 21.3. The van der Waals surface area contributed by atoms with Crippen LogP contribution in [0.5, 0.6) is 0 Å². The fraction of sp³-hybridized carbons (Fsp3) is 0.474. The lowest BCUT2D eigenvalue weighted by molar-refractivity contribution is -0.121. The average molecular weight is 368 g/mol.